The summed E-state index contributed by atoms with van der Waals surface area (Å²) in [5, 5.41) is 13.0. The van der Waals surface area contributed by atoms with E-state index in [0.717, 1.165) is 38.0 Å². The zero-order valence-corrected chi connectivity index (χ0v) is 20.3. The summed E-state index contributed by atoms with van der Waals surface area (Å²) in [5.41, 5.74) is 10.9. The van der Waals surface area contributed by atoms with Gasteiger partial charge in [-0.15, -0.1) is 0 Å². The lowest BCUT2D eigenvalue weighted by Gasteiger charge is -2.29. The molecule has 0 saturated carbocycles. The predicted molar refractivity (Wildman–Crippen MR) is 136 cm³/mol. The Kier molecular flexibility index (Phi) is 7.31. The van der Waals surface area contributed by atoms with Crippen LogP contribution in [0, 0.1) is 0 Å². The number of nitrogens with one attached hydrogen (secondary N) is 1. The second-order valence-electron chi connectivity index (χ2n) is 8.51. The summed E-state index contributed by atoms with van der Waals surface area (Å²) in [4.78, 5) is 15.1. The number of methoxy groups -OCH3 is 3. The molecule has 0 atom stereocenters. The van der Waals surface area contributed by atoms with Crippen molar-refractivity contribution in [3.05, 3.63) is 70.8 Å². The molecular formula is C27H31N3O5. The number of ether oxygens (including phenoxy) is 3. The topological polar surface area (TPSA) is 106 Å². The van der Waals surface area contributed by atoms with E-state index in [2.05, 4.69) is 10.2 Å². The van der Waals surface area contributed by atoms with Crippen LogP contribution in [0.4, 0.5) is 11.4 Å². The molecule has 1 heterocycles. The van der Waals surface area contributed by atoms with Crippen molar-refractivity contribution in [2.24, 2.45) is 0 Å². The summed E-state index contributed by atoms with van der Waals surface area (Å²) < 4.78 is 15.7. The quantitative estimate of drug-likeness (QED) is 0.423. The van der Waals surface area contributed by atoms with E-state index in [0.29, 0.717) is 34.2 Å². The lowest BCUT2D eigenvalue weighted by Crippen LogP contribution is -2.32. The van der Waals surface area contributed by atoms with Crippen molar-refractivity contribution >= 4 is 17.3 Å². The molecule has 3 aromatic carbocycles. The Balaban J connectivity index is 1.34. The second kappa shape index (κ2) is 10.6. The van der Waals surface area contributed by atoms with E-state index in [-0.39, 0.29) is 11.7 Å². The molecule has 4 N–H and O–H groups in total. The highest BCUT2D eigenvalue weighted by Crippen LogP contribution is 2.33. The van der Waals surface area contributed by atoms with E-state index in [1.807, 2.05) is 36.4 Å². The van der Waals surface area contributed by atoms with Crippen LogP contribution in [0.15, 0.2) is 48.5 Å². The fourth-order valence-corrected chi connectivity index (χ4v) is 4.32. The third-order valence-electron chi connectivity index (χ3n) is 6.32. The average Bonchev–Trinajstić information content (AvgIpc) is 2.87. The molecule has 3 aromatic rings. The Morgan fingerprint density at radius 2 is 1.66 bits per heavy atom. The van der Waals surface area contributed by atoms with Gasteiger partial charge in [0.15, 0.2) is 23.0 Å². The van der Waals surface area contributed by atoms with Crippen LogP contribution in [0.1, 0.15) is 27.0 Å². The first kappa shape index (κ1) is 24.2. The minimum Gasteiger partial charge on any atom is -0.504 e. The molecule has 0 radical (unpaired) electrons. The molecule has 0 saturated heterocycles. The number of phenolic OH excluding ortho intramolecular Hbond substituents is 1. The Morgan fingerprint density at radius 3 is 2.34 bits per heavy atom. The molecule has 0 unspecified atom stereocenters. The van der Waals surface area contributed by atoms with Crippen molar-refractivity contribution in [3.63, 3.8) is 0 Å². The number of hydrogen-bond donors (Lipinski definition) is 3. The minimum absolute atomic E-state index is 0.181. The summed E-state index contributed by atoms with van der Waals surface area (Å²) in [6, 6.07) is 14.7. The molecule has 0 fully saturated rings. The van der Waals surface area contributed by atoms with Crippen LogP contribution in [-0.2, 0) is 19.4 Å². The van der Waals surface area contributed by atoms with E-state index in [1.54, 1.807) is 19.2 Å². The molecule has 184 valence electrons. The number of carbonyl (C=O) groups excluding carboxylic acids is 1. The van der Waals surface area contributed by atoms with E-state index in [1.165, 1.54) is 25.3 Å². The summed E-state index contributed by atoms with van der Waals surface area (Å²) in [5.74, 6) is 1.30. The molecule has 0 bridgehead atoms. The van der Waals surface area contributed by atoms with Crippen molar-refractivity contribution in [1.82, 2.24) is 4.90 Å². The molecule has 8 heteroatoms. The van der Waals surface area contributed by atoms with E-state index in [4.69, 9.17) is 19.9 Å². The number of nitrogens with zero attached hydrogens (tertiary/aromatic N) is 1. The van der Waals surface area contributed by atoms with Gasteiger partial charge in [-0.25, -0.2) is 0 Å². The number of anilines is 2. The fraction of sp³-hybridized carbons (Fsp3) is 0.296. The SMILES string of the molecule is COc1cc2c(cc1O)CN(CCc1ccc(NC(=O)c3cc(OC)c(OC)cc3N)cc1)CC2. The molecule has 1 amide bonds. The molecule has 8 nitrogen and oxygen atoms in total. The number of amides is 1. The average molecular weight is 478 g/mol. The number of hydrogen-bond acceptors (Lipinski definition) is 7. The first-order valence-electron chi connectivity index (χ1n) is 11.4. The number of aromatic hydroxyl groups is 1. The third-order valence-corrected chi connectivity index (χ3v) is 6.32. The summed E-state index contributed by atoms with van der Waals surface area (Å²) >= 11 is 0. The van der Waals surface area contributed by atoms with Crippen molar-refractivity contribution < 1.29 is 24.1 Å². The lowest BCUT2D eigenvalue weighted by molar-refractivity contribution is 0.102. The van der Waals surface area contributed by atoms with Gasteiger partial charge >= 0.3 is 0 Å². The van der Waals surface area contributed by atoms with Gasteiger partial charge in [0.2, 0.25) is 0 Å². The summed E-state index contributed by atoms with van der Waals surface area (Å²) in [6.45, 7) is 2.66. The molecule has 1 aliphatic rings. The van der Waals surface area contributed by atoms with Crippen molar-refractivity contribution in [2.75, 3.05) is 45.5 Å². The lowest BCUT2D eigenvalue weighted by atomic mass is 9.98. The van der Waals surface area contributed by atoms with Crippen LogP contribution in [0.3, 0.4) is 0 Å². The van der Waals surface area contributed by atoms with Crippen LogP contribution in [0.5, 0.6) is 23.0 Å². The van der Waals surface area contributed by atoms with Crippen molar-refractivity contribution in [3.8, 4) is 23.0 Å². The molecule has 1 aliphatic heterocycles. The summed E-state index contributed by atoms with van der Waals surface area (Å²) in [7, 11) is 4.60. The van der Waals surface area contributed by atoms with Gasteiger partial charge < -0.3 is 30.4 Å². The van der Waals surface area contributed by atoms with Gasteiger partial charge in [-0.3, -0.25) is 9.69 Å². The minimum atomic E-state index is -0.317. The zero-order chi connectivity index (χ0) is 24.9. The van der Waals surface area contributed by atoms with Gasteiger partial charge in [0.05, 0.1) is 26.9 Å². The molecule has 0 aliphatic carbocycles. The smallest absolute Gasteiger partial charge is 0.257 e. The monoisotopic (exact) mass is 477 g/mol. The maximum Gasteiger partial charge on any atom is 0.257 e. The Labute approximate surface area is 205 Å². The van der Waals surface area contributed by atoms with Crippen LogP contribution in [0.2, 0.25) is 0 Å². The van der Waals surface area contributed by atoms with E-state index < -0.39 is 0 Å². The Hall–Kier alpha value is -3.91. The molecule has 0 aromatic heterocycles. The van der Waals surface area contributed by atoms with Crippen molar-refractivity contribution in [1.29, 1.82) is 0 Å². The largest absolute Gasteiger partial charge is 0.504 e. The number of phenols is 1. The molecule has 0 spiro atoms. The maximum atomic E-state index is 12.8. The van der Waals surface area contributed by atoms with Crippen LogP contribution >= 0.6 is 0 Å². The predicted octanol–water partition coefficient (Wildman–Crippen LogP) is 3.85. The van der Waals surface area contributed by atoms with Crippen LogP contribution < -0.4 is 25.3 Å². The van der Waals surface area contributed by atoms with Crippen LogP contribution in [-0.4, -0.2) is 50.3 Å². The number of nitrogens with two attached hydrogens (primary N) is 1. The van der Waals surface area contributed by atoms with Gasteiger partial charge in [-0.1, -0.05) is 12.1 Å². The van der Waals surface area contributed by atoms with E-state index >= 15 is 0 Å². The number of carbonyl (C=O) groups is 1. The highest BCUT2D eigenvalue weighted by molar-refractivity contribution is 6.08. The van der Waals surface area contributed by atoms with Crippen molar-refractivity contribution in [2.45, 2.75) is 19.4 Å². The standard InChI is InChI=1S/C27H31N3O5/c1-33-24-13-18-9-11-30(16-19(18)12-23(24)31)10-8-17-4-6-20(7-5-17)29-27(32)21-14-25(34-2)26(35-3)15-22(21)28/h4-7,12-15,31H,8-11,16,28H2,1-3H3,(H,29,32). The van der Waals surface area contributed by atoms with Gasteiger partial charge in [0.25, 0.3) is 5.91 Å². The second-order valence-corrected chi connectivity index (χ2v) is 8.51. The maximum absolute atomic E-state index is 12.8. The number of benzene rings is 3. The van der Waals surface area contributed by atoms with Crippen LogP contribution in [0.25, 0.3) is 0 Å². The Bertz CT molecular complexity index is 1210. The summed E-state index contributed by atoms with van der Waals surface area (Å²) in [6.07, 6.45) is 1.81. The fourth-order valence-electron chi connectivity index (χ4n) is 4.32. The first-order chi connectivity index (χ1) is 16.9. The first-order valence-corrected chi connectivity index (χ1v) is 11.4. The molecule has 35 heavy (non-hydrogen) atoms. The highest BCUT2D eigenvalue weighted by atomic mass is 16.5. The van der Waals surface area contributed by atoms with Gasteiger partial charge in [0, 0.05) is 37.1 Å². The molecular weight excluding hydrogens is 446 g/mol. The zero-order valence-electron chi connectivity index (χ0n) is 20.3. The Morgan fingerprint density at radius 1 is 0.971 bits per heavy atom. The third kappa shape index (κ3) is 5.44. The highest BCUT2D eigenvalue weighted by Gasteiger charge is 2.19. The van der Waals surface area contributed by atoms with Gasteiger partial charge in [-0.05, 0) is 59.9 Å². The number of fused-ring (bicyclic) bond motifs is 1. The van der Waals surface area contributed by atoms with Gasteiger partial charge in [0.1, 0.15) is 0 Å². The number of rotatable bonds is 8. The van der Waals surface area contributed by atoms with Gasteiger partial charge in [-0.2, -0.15) is 0 Å². The molecule has 4 rings (SSSR count). The number of nitrogen functional groups attached to an aromatic ring is 1. The normalized spacial score (nSPS) is 13.1. The van der Waals surface area contributed by atoms with E-state index in [9.17, 15) is 9.90 Å².